The van der Waals surface area contributed by atoms with Crippen LogP contribution in [0.5, 0.6) is 5.75 Å². The van der Waals surface area contributed by atoms with Crippen molar-refractivity contribution in [2.24, 2.45) is 0 Å². The molecule has 4 aromatic carbocycles. The summed E-state index contributed by atoms with van der Waals surface area (Å²) >= 11 is 0. The number of carbonyl (C=O) groups is 1. The summed E-state index contributed by atoms with van der Waals surface area (Å²) in [5, 5.41) is 11.7. The summed E-state index contributed by atoms with van der Waals surface area (Å²) in [7, 11) is 0. The van der Waals surface area contributed by atoms with E-state index in [1.807, 2.05) is 78.9 Å². The third-order valence-electron chi connectivity index (χ3n) is 8.64. The fourth-order valence-corrected chi connectivity index (χ4v) is 6.09. The van der Waals surface area contributed by atoms with Crippen molar-refractivity contribution in [1.29, 1.82) is 0 Å². The van der Waals surface area contributed by atoms with Crippen molar-refractivity contribution in [3.05, 3.63) is 137 Å². The van der Waals surface area contributed by atoms with E-state index in [-0.39, 0.29) is 39.3 Å². The number of rotatable bonds is 12. The summed E-state index contributed by atoms with van der Waals surface area (Å²) in [4.78, 5) is 12.2. The van der Waals surface area contributed by atoms with Gasteiger partial charge < -0.3 is 38.3 Å². The first-order valence-electron chi connectivity index (χ1n) is 16.4. The molecule has 0 amide bonds. The van der Waals surface area contributed by atoms with Gasteiger partial charge in [0.05, 0.1) is 19.8 Å². The Morgan fingerprint density at radius 2 is 1.42 bits per heavy atom. The molecule has 0 spiro atoms. The number of hydrogen-bond donors (Lipinski definition) is 1. The molecule has 6 unspecified atom stereocenters. The van der Waals surface area contributed by atoms with Gasteiger partial charge in [0.25, 0.3) is 0 Å². The van der Waals surface area contributed by atoms with E-state index >= 15 is 0 Å². The molecule has 0 radical (unpaired) electrons. The third-order valence-corrected chi connectivity index (χ3v) is 8.64. The van der Waals surface area contributed by atoms with Crippen molar-refractivity contribution in [2.75, 3.05) is 20.0 Å². The number of ether oxygens (including phenoxy) is 7. The van der Waals surface area contributed by atoms with Gasteiger partial charge in [-0.05, 0) is 53.3 Å². The smallest absolute Gasteiger partial charge is 0.467 e. The van der Waals surface area contributed by atoms with Gasteiger partial charge in [0.2, 0.25) is 0 Å². The molecule has 2 heterocycles. The maximum atomic E-state index is 12.2. The largest absolute Gasteiger partial charge is 0.508 e. The Balaban J connectivity index is 1.36. The van der Waals surface area contributed by atoms with E-state index < -0.39 is 36.7 Å². The van der Waals surface area contributed by atoms with E-state index in [9.17, 15) is 9.90 Å². The van der Waals surface area contributed by atoms with Crippen molar-refractivity contribution < 1.29 is 43.1 Å². The Hall–Kier alpha value is -4.25. The SMILES string of the molecule is CCOC(=O)OCC1OC(c2ccc3c(c2)C(c2ccc(CC)cc2)OCO3)C(OCc2ccccc2)C(OCc2ccccc2)C1O. The quantitative estimate of drug-likeness (QED) is 0.164. The zero-order valence-corrected chi connectivity index (χ0v) is 27.2. The molecule has 6 rings (SSSR count). The average molecular weight is 655 g/mol. The number of aliphatic hydroxyl groups is 1. The van der Waals surface area contributed by atoms with Gasteiger partial charge in [-0.15, -0.1) is 0 Å². The maximum absolute atomic E-state index is 12.2. The monoisotopic (exact) mass is 654 g/mol. The predicted octanol–water partition coefficient (Wildman–Crippen LogP) is 6.85. The molecule has 0 aromatic heterocycles. The van der Waals surface area contributed by atoms with E-state index in [0.29, 0.717) is 5.75 Å². The first kappa shape index (κ1) is 33.6. The van der Waals surface area contributed by atoms with Crippen LogP contribution in [0.4, 0.5) is 4.79 Å². The van der Waals surface area contributed by atoms with Crippen LogP contribution < -0.4 is 4.74 Å². The number of aliphatic hydroxyl groups excluding tert-OH is 1. The lowest BCUT2D eigenvalue weighted by Crippen LogP contribution is -2.57. The molecule has 2 aliphatic rings. The summed E-state index contributed by atoms with van der Waals surface area (Å²) < 4.78 is 42.0. The summed E-state index contributed by atoms with van der Waals surface area (Å²) in [6.45, 7) is 4.36. The summed E-state index contributed by atoms with van der Waals surface area (Å²) in [5.41, 5.74) is 5.77. The van der Waals surface area contributed by atoms with Gasteiger partial charge in [0.15, 0.2) is 6.79 Å². The minimum absolute atomic E-state index is 0.129. The van der Waals surface area contributed by atoms with E-state index in [0.717, 1.165) is 34.2 Å². The van der Waals surface area contributed by atoms with Crippen LogP contribution in [0.1, 0.15) is 59.4 Å². The molecule has 252 valence electrons. The van der Waals surface area contributed by atoms with Crippen LogP contribution in [0.3, 0.4) is 0 Å². The highest BCUT2D eigenvalue weighted by molar-refractivity contribution is 5.59. The van der Waals surface area contributed by atoms with Crippen molar-refractivity contribution in [1.82, 2.24) is 0 Å². The molecule has 6 atom stereocenters. The Bertz CT molecular complexity index is 1600. The number of hydrogen-bond acceptors (Lipinski definition) is 9. The molecule has 48 heavy (non-hydrogen) atoms. The van der Waals surface area contributed by atoms with Crippen LogP contribution in [0.2, 0.25) is 0 Å². The third kappa shape index (κ3) is 8.06. The Labute approximate surface area is 281 Å². The van der Waals surface area contributed by atoms with E-state index in [2.05, 4.69) is 31.2 Å². The van der Waals surface area contributed by atoms with Crippen LogP contribution >= 0.6 is 0 Å². The summed E-state index contributed by atoms with van der Waals surface area (Å²) in [6.07, 6.45) is -4.67. The molecule has 2 aliphatic heterocycles. The van der Waals surface area contributed by atoms with Gasteiger partial charge >= 0.3 is 6.16 Å². The van der Waals surface area contributed by atoms with E-state index in [4.69, 9.17) is 33.2 Å². The molecular weight excluding hydrogens is 612 g/mol. The lowest BCUT2D eigenvalue weighted by molar-refractivity contribution is -0.260. The first-order valence-corrected chi connectivity index (χ1v) is 16.4. The highest BCUT2D eigenvalue weighted by Crippen LogP contribution is 2.42. The van der Waals surface area contributed by atoms with Crippen molar-refractivity contribution in [2.45, 2.75) is 70.1 Å². The lowest BCUT2D eigenvalue weighted by Gasteiger charge is -2.44. The lowest BCUT2D eigenvalue weighted by atomic mass is 9.88. The van der Waals surface area contributed by atoms with Crippen LogP contribution in [0.25, 0.3) is 0 Å². The van der Waals surface area contributed by atoms with Gasteiger partial charge in [-0.3, -0.25) is 0 Å². The first-order chi connectivity index (χ1) is 23.5. The van der Waals surface area contributed by atoms with Gasteiger partial charge in [-0.1, -0.05) is 97.9 Å². The minimum atomic E-state index is -1.19. The number of carbonyl (C=O) groups excluding carboxylic acids is 1. The van der Waals surface area contributed by atoms with E-state index in [1.165, 1.54) is 5.56 Å². The Morgan fingerprint density at radius 3 is 2.06 bits per heavy atom. The molecule has 1 saturated heterocycles. The van der Waals surface area contributed by atoms with Crippen molar-refractivity contribution >= 4 is 6.16 Å². The van der Waals surface area contributed by atoms with Crippen LogP contribution in [-0.2, 0) is 48.1 Å². The molecule has 9 heteroatoms. The molecule has 4 aromatic rings. The summed E-state index contributed by atoms with van der Waals surface area (Å²) in [5.74, 6) is 0.714. The highest BCUT2D eigenvalue weighted by atomic mass is 16.7. The second-order valence-electron chi connectivity index (χ2n) is 11.8. The van der Waals surface area contributed by atoms with Gasteiger partial charge in [0, 0.05) is 5.56 Å². The standard InChI is InChI=1S/C39H42O9/c1-3-26-15-17-29(18-16-26)35-31-21-30(19-20-32(31)46-25-47-35)36-38(44-23-28-13-9-6-10-14-28)37(43-22-27-11-7-5-8-12-27)34(40)33(48-36)24-45-39(41)42-4-2/h5-21,33-38,40H,3-4,22-25H2,1-2H3. The summed E-state index contributed by atoms with van der Waals surface area (Å²) in [6, 6.07) is 33.8. The average Bonchev–Trinajstić information content (AvgIpc) is 3.13. The molecular formula is C39H42O9. The Kier molecular flexibility index (Phi) is 11.4. The number of benzene rings is 4. The van der Waals surface area contributed by atoms with Gasteiger partial charge in [-0.2, -0.15) is 0 Å². The molecule has 9 nitrogen and oxygen atoms in total. The van der Waals surface area contributed by atoms with Crippen LogP contribution in [0, 0.1) is 0 Å². The molecule has 0 saturated carbocycles. The Morgan fingerprint density at radius 1 is 0.771 bits per heavy atom. The normalized spacial score (nSPS) is 23.5. The number of aryl methyl sites for hydroxylation is 1. The minimum Gasteiger partial charge on any atom is -0.467 e. The van der Waals surface area contributed by atoms with Crippen LogP contribution in [0.15, 0.2) is 103 Å². The fourth-order valence-electron chi connectivity index (χ4n) is 6.09. The second-order valence-corrected chi connectivity index (χ2v) is 11.8. The van der Waals surface area contributed by atoms with Gasteiger partial charge in [0.1, 0.15) is 49.0 Å². The molecule has 1 N–H and O–H groups in total. The molecule has 0 bridgehead atoms. The van der Waals surface area contributed by atoms with E-state index in [1.54, 1.807) is 6.92 Å². The fraction of sp³-hybridized carbons (Fsp3) is 0.359. The molecule has 0 aliphatic carbocycles. The van der Waals surface area contributed by atoms with Gasteiger partial charge in [-0.25, -0.2) is 4.79 Å². The van der Waals surface area contributed by atoms with Crippen molar-refractivity contribution in [3.8, 4) is 5.75 Å². The predicted molar refractivity (Wildman–Crippen MR) is 177 cm³/mol. The van der Waals surface area contributed by atoms with Crippen LogP contribution in [-0.4, -0.2) is 55.7 Å². The highest BCUT2D eigenvalue weighted by Gasteiger charge is 2.48. The zero-order chi connectivity index (χ0) is 33.3. The maximum Gasteiger partial charge on any atom is 0.508 e. The topological polar surface area (TPSA) is 102 Å². The van der Waals surface area contributed by atoms with Crippen molar-refractivity contribution in [3.63, 3.8) is 0 Å². The number of fused-ring (bicyclic) bond motifs is 1. The second kappa shape index (κ2) is 16.2. The molecule has 1 fully saturated rings. The zero-order valence-electron chi connectivity index (χ0n) is 27.2.